The molecule has 1 rings (SSSR count). The lowest BCUT2D eigenvalue weighted by Crippen LogP contribution is -2.52. The summed E-state index contributed by atoms with van der Waals surface area (Å²) in [4.78, 5) is 16.7. The fourth-order valence-corrected chi connectivity index (χ4v) is 2.47. The molecule has 1 fully saturated rings. The van der Waals surface area contributed by atoms with Gasteiger partial charge in [0.15, 0.2) is 0 Å². The molecule has 1 aliphatic rings. The van der Waals surface area contributed by atoms with Gasteiger partial charge in [-0.15, -0.1) is 0 Å². The molecule has 0 bridgehead atoms. The molecule has 1 atom stereocenters. The smallest absolute Gasteiger partial charge is 0.239 e. The van der Waals surface area contributed by atoms with Gasteiger partial charge in [0, 0.05) is 19.6 Å². The molecule has 1 amide bonds. The molecule has 0 aliphatic carbocycles. The lowest BCUT2D eigenvalue weighted by Gasteiger charge is -2.34. The highest BCUT2D eigenvalue weighted by molar-refractivity contribution is 5.82. The third kappa shape index (κ3) is 4.58. The number of carbonyl (C=O) groups excluding carboxylic acids is 1. The van der Waals surface area contributed by atoms with Crippen LogP contribution in [-0.2, 0) is 4.79 Å². The van der Waals surface area contributed by atoms with Gasteiger partial charge in [0.1, 0.15) is 0 Å². The predicted octanol–water partition coefficient (Wildman–Crippen LogP) is 1.32. The molecule has 1 saturated heterocycles. The number of carbonyl (C=O) groups is 1. The Bertz CT molecular complexity index is 241. The van der Waals surface area contributed by atoms with E-state index in [-0.39, 0.29) is 6.04 Å². The van der Waals surface area contributed by atoms with Crippen LogP contribution in [0.3, 0.4) is 0 Å². The maximum Gasteiger partial charge on any atom is 0.239 e. The van der Waals surface area contributed by atoms with Crippen LogP contribution in [-0.4, -0.2) is 61.0 Å². The molecule has 1 heterocycles. The monoisotopic (exact) mass is 255 g/mol. The quantitative estimate of drug-likeness (QED) is 0.710. The van der Waals surface area contributed by atoms with E-state index in [1.54, 1.807) is 0 Å². The van der Waals surface area contributed by atoms with Crippen LogP contribution in [0.4, 0.5) is 0 Å². The summed E-state index contributed by atoms with van der Waals surface area (Å²) in [5, 5.41) is 3.36. The minimum absolute atomic E-state index is 0.0652. The molecule has 0 aromatic carbocycles. The molecule has 4 nitrogen and oxygen atoms in total. The molecule has 18 heavy (non-hydrogen) atoms. The first-order chi connectivity index (χ1) is 8.72. The van der Waals surface area contributed by atoms with Crippen LogP contribution >= 0.6 is 0 Å². The Morgan fingerprint density at radius 2 is 2.06 bits per heavy atom. The molecule has 0 spiro atoms. The summed E-state index contributed by atoms with van der Waals surface area (Å²) in [5.41, 5.74) is 0. The minimum atomic E-state index is 0.0652. The number of nitrogens with zero attached hydrogens (tertiary/aromatic N) is 2. The van der Waals surface area contributed by atoms with E-state index >= 15 is 0 Å². The van der Waals surface area contributed by atoms with E-state index in [1.807, 2.05) is 4.90 Å². The Labute approximate surface area is 112 Å². The fraction of sp³-hybridized carbons (Fsp3) is 0.929. The van der Waals surface area contributed by atoms with Crippen LogP contribution in [0, 0.1) is 0 Å². The Hall–Kier alpha value is -0.610. The average Bonchev–Trinajstić information content (AvgIpc) is 2.40. The highest BCUT2D eigenvalue weighted by Gasteiger charge is 2.27. The number of nitrogens with one attached hydrogen (secondary N) is 1. The second kappa shape index (κ2) is 8.48. The molecule has 106 valence electrons. The van der Waals surface area contributed by atoms with Gasteiger partial charge in [-0.1, -0.05) is 20.8 Å². The van der Waals surface area contributed by atoms with Crippen molar-refractivity contribution in [3.8, 4) is 0 Å². The van der Waals surface area contributed by atoms with Crippen molar-refractivity contribution in [2.75, 3.05) is 39.3 Å². The zero-order chi connectivity index (χ0) is 13.4. The number of rotatable bonds is 8. The first-order valence-corrected chi connectivity index (χ1v) is 7.47. The van der Waals surface area contributed by atoms with Gasteiger partial charge in [-0.25, -0.2) is 0 Å². The molecule has 1 aliphatic heterocycles. The average molecular weight is 255 g/mol. The number of hydrogen-bond donors (Lipinski definition) is 1. The summed E-state index contributed by atoms with van der Waals surface area (Å²) in [5.74, 6) is 0.307. The summed E-state index contributed by atoms with van der Waals surface area (Å²) < 4.78 is 0. The first-order valence-electron chi connectivity index (χ1n) is 7.47. The largest absolute Gasteiger partial charge is 0.340 e. The van der Waals surface area contributed by atoms with Crippen LogP contribution in [0.25, 0.3) is 0 Å². The second-order valence-electron chi connectivity index (χ2n) is 5.00. The fourth-order valence-electron chi connectivity index (χ4n) is 2.47. The summed E-state index contributed by atoms with van der Waals surface area (Å²) in [6, 6.07) is 0.0652. The third-order valence-electron chi connectivity index (χ3n) is 3.75. The summed E-state index contributed by atoms with van der Waals surface area (Å²) in [6.07, 6.45) is 3.22. The molecule has 1 unspecified atom stereocenters. The first kappa shape index (κ1) is 15.4. The van der Waals surface area contributed by atoms with Crippen LogP contribution in [0.2, 0.25) is 0 Å². The second-order valence-corrected chi connectivity index (χ2v) is 5.00. The topological polar surface area (TPSA) is 35.6 Å². The van der Waals surface area contributed by atoms with Crippen LogP contribution in [0.1, 0.15) is 40.0 Å². The van der Waals surface area contributed by atoms with Crippen LogP contribution < -0.4 is 5.32 Å². The predicted molar refractivity (Wildman–Crippen MR) is 75.7 cm³/mol. The SMILES string of the molecule is CCCNC1CCCN(CCN(CC)CC)C1=O. The minimum Gasteiger partial charge on any atom is -0.340 e. The van der Waals surface area contributed by atoms with Crippen molar-refractivity contribution in [3.63, 3.8) is 0 Å². The van der Waals surface area contributed by atoms with E-state index in [0.29, 0.717) is 5.91 Å². The molecular weight excluding hydrogens is 226 g/mol. The molecular formula is C14H29N3O. The van der Waals surface area contributed by atoms with E-state index in [0.717, 1.165) is 58.5 Å². The lowest BCUT2D eigenvalue weighted by molar-refractivity contribution is -0.136. The molecule has 0 aromatic heterocycles. The maximum atomic E-state index is 12.3. The Morgan fingerprint density at radius 1 is 1.33 bits per heavy atom. The van der Waals surface area contributed by atoms with Crippen molar-refractivity contribution in [2.24, 2.45) is 0 Å². The Kier molecular flexibility index (Phi) is 7.28. The van der Waals surface area contributed by atoms with Gasteiger partial charge < -0.3 is 15.1 Å². The van der Waals surface area contributed by atoms with Gasteiger partial charge in [0.2, 0.25) is 5.91 Å². The van der Waals surface area contributed by atoms with Crippen molar-refractivity contribution in [1.29, 1.82) is 0 Å². The number of piperidine rings is 1. The highest BCUT2D eigenvalue weighted by atomic mass is 16.2. The number of likely N-dealkylation sites (tertiary alicyclic amines) is 1. The molecule has 0 aromatic rings. The standard InChI is InChI=1S/C14H29N3O/c1-4-9-15-13-8-7-10-17(14(13)18)12-11-16(5-2)6-3/h13,15H,4-12H2,1-3H3. The maximum absolute atomic E-state index is 12.3. The van der Waals surface area contributed by atoms with E-state index in [2.05, 4.69) is 31.0 Å². The van der Waals surface area contributed by atoms with Gasteiger partial charge in [0.25, 0.3) is 0 Å². The van der Waals surface area contributed by atoms with E-state index in [1.165, 1.54) is 0 Å². The normalized spacial score (nSPS) is 20.8. The van der Waals surface area contributed by atoms with Crippen molar-refractivity contribution >= 4 is 5.91 Å². The zero-order valence-electron chi connectivity index (χ0n) is 12.2. The van der Waals surface area contributed by atoms with Gasteiger partial charge in [-0.3, -0.25) is 4.79 Å². The van der Waals surface area contributed by atoms with Crippen molar-refractivity contribution in [1.82, 2.24) is 15.1 Å². The van der Waals surface area contributed by atoms with Crippen LogP contribution in [0.15, 0.2) is 0 Å². The molecule has 0 radical (unpaired) electrons. The van der Waals surface area contributed by atoms with Gasteiger partial charge >= 0.3 is 0 Å². The summed E-state index contributed by atoms with van der Waals surface area (Å²) in [6.45, 7) is 12.4. The van der Waals surface area contributed by atoms with Crippen molar-refractivity contribution in [2.45, 2.75) is 46.1 Å². The highest BCUT2D eigenvalue weighted by Crippen LogP contribution is 2.11. The van der Waals surface area contributed by atoms with Crippen LogP contribution in [0.5, 0.6) is 0 Å². The molecule has 1 N–H and O–H groups in total. The Balaban J connectivity index is 2.38. The number of amides is 1. The van der Waals surface area contributed by atoms with Gasteiger partial charge in [-0.2, -0.15) is 0 Å². The summed E-state index contributed by atoms with van der Waals surface area (Å²) in [7, 11) is 0. The van der Waals surface area contributed by atoms with Crippen molar-refractivity contribution in [3.05, 3.63) is 0 Å². The zero-order valence-corrected chi connectivity index (χ0v) is 12.2. The molecule has 4 heteroatoms. The summed E-state index contributed by atoms with van der Waals surface area (Å²) >= 11 is 0. The lowest BCUT2D eigenvalue weighted by atomic mass is 10.0. The number of hydrogen-bond acceptors (Lipinski definition) is 3. The Morgan fingerprint density at radius 3 is 2.67 bits per heavy atom. The van der Waals surface area contributed by atoms with Gasteiger partial charge in [-0.05, 0) is 38.9 Å². The van der Waals surface area contributed by atoms with Crippen molar-refractivity contribution < 1.29 is 4.79 Å². The van der Waals surface area contributed by atoms with E-state index < -0.39 is 0 Å². The third-order valence-corrected chi connectivity index (χ3v) is 3.75. The van der Waals surface area contributed by atoms with E-state index in [4.69, 9.17) is 0 Å². The van der Waals surface area contributed by atoms with E-state index in [9.17, 15) is 4.79 Å². The number of likely N-dealkylation sites (N-methyl/N-ethyl adjacent to an activating group) is 1. The van der Waals surface area contributed by atoms with Gasteiger partial charge in [0.05, 0.1) is 6.04 Å². The molecule has 0 saturated carbocycles.